The Kier molecular flexibility index (Phi) is 4.58. The first-order valence-corrected chi connectivity index (χ1v) is 5.39. The van der Waals surface area contributed by atoms with E-state index in [1.54, 1.807) is 18.2 Å². The highest BCUT2D eigenvalue weighted by atomic mass is 16.3. The van der Waals surface area contributed by atoms with Crippen molar-refractivity contribution in [3.05, 3.63) is 29.6 Å². The number of aromatic nitrogens is 1. The Morgan fingerprint density at radius 3 is 2.82 bits per heavy atom. The number of hydrogen-bond donors (Lipinski definition) is 3. The van der Waals surface area contributed by atoms with Crippen molar-refractivity contribution in [3.63, 3.8) is 0 Å². The van der Waals surface area contributed by atoms with Crippen LogP contribution in [0, 0.1) is 11.3 Å². The van der Waals surface area contributed by atoms with Gasteiger partial charge in [-0.3, -0.25) is 0 Å². The lowest BCUT2D eigenvalue weighted by atomic mass is 10.1. The van der Waals surface area contributed by atoms with Crippen molar-refractivity contribution in [2.45, 2.75) is 25.5 Å². The molecule has 0 unspecified atom stereocenters. The molecule has 5 nitrogen and oxygen atoms in total. The van der Waals surface area contributed by atoms with Gasteiger partial charge in [0.05, 0.1) is 12.3 Å². The first-order chi connectivity index (χ1) is 7.98. The maximum Gasteiger partial charge on any atom is 0.140 e. The second-order valence-electron chi connectivity index (χ2n) is 4.50. The molecule has 0 saturated carbocycles. The van der Waals surface area contributed by atoms with Gasteiger partial charge in [-0.1, -0.05) is 6.07 Å². The van der Waals surface area contributed by atoms with Crippen LogP contribution < -0.4 is 5.32 Å². The summed E-state index contributed by atoms with van der Waals surface area (Å²) in [6.45, 7) is 3.92. The van der Waals surface area contributed by atoms with Crippen molar-refractivity contribution in [2.75, 3.05) is 13.2 Å². The Hall–Kier alpha value is -1.48. The predicted molar refractivity (Wildman–Crippen MR) is 63.1 cm³/mol. The van der Waals surface area contributed by atoms with Gasteiger partial charge in [-0.15, -0.1) is 0 Å². The second kappa shape index (κ2) is 5.73. The molecule has 1 aromatic heterocycles. The van der Waals surface area contributed by atoms with Crippen molar-refractivity contribution in [1.29, 1.82) is 5.26 Å². The van der Waals surface area contributed by atoms with Crippen molar-refractivity contribution in [2.24, 2.45) is 0 Å². The fourth-order valence-corrected chi connectivity index (χ4v) is 1.23. The Morgan fingerprint density at radius 2 is 2.24 bits per heavy atom. The molecule has 0 amide bonds. The fraction of sp³-hybridized carbons (Fsp3) is 0.500. The quantitative estimate of drug-likeness (QED) is 0.685. The number of aliphatic hydroxyl groups is 2. The summed E-state index contributed by atoms with van der Waals surface area (Å²) in [5.74, 6) is 0. The predicted octanol–water partition coefficient (Wildman–Crippen LogP) is 0.347. The number of pyridine rings is 1. The molecule has 17 heavy (non-hydrogen) atoms. The molecule has 1 aromatic rings. The van der Waals surface area contributed by atoms with Gasteiger partial charge in [-0.2, -0.15) is 5.26 Å². The summed E-state index contributed by atoms with van der Waals surface area (Å²) in [4.78, 5) is 4.00. The highest BCUT2D eigenvalue weighted by Crippen LogP contribution is 2.11. The van der Waals surface area contributed by atoms with Crippen molar-refractivity contribution in [1.82, 2.24) is 10.3 Å². The van der Waals surface area contributed by atoms with Crippen molar-refractivity contribution in [3.8, 4) is 6.07 Å². The third-order valence-corrected chi connectivity index (χ3v) is 2.40. The van der Waals surface area contributed by atoms with Crippen LogP contribution in [0.4, 0.5) is 0 Å². The third-order valence-electron chi connectivity index (χ3n) is 2.40. The van der Waals surface area contributed by atoms with Crippen LogP contribution >= 0.6 is 0 Å². The van der Waals surface area contributed by atoms with E-state index in [0.29, 0.717) is 5.69 Å². The Labute approximate surface area is 101 Å². The van der Waals surface area contributed by atoms with Crippen LogP contribution in [0.1, 0.15) is 31.3 Å². The standard InChI is InChI=1S/C12H17N3O2/c1-12(2,8-16)14-7-11(17)10-5-3-4-9(6-13)15-10/h3-5,11,14,16-17H,7-8H2,1-2H3/t11-/m0/s1. The number of hydrogen-bond acceptors (Lipinski definition) is 5. The van der Waals surface area contributed by atoms with Gasteiger partial charge >= 0.3 is 0 Å². The van der Waals surface area contributed by atoms with Gasteiger partial charge in [-0.25, -0.2) is 4.98 Å². The number of aliphatic hydroxyl groups excluding tert-OH is 2. The van der Waals surface area contributed by atoms with Gasteiger partial charge in [-0.05, 0) is 26.0 Å². The zero-order valence-electron chi connectivity index (χ0n) is 10.0. The maximum atomic E-state index is 9.88. The lowest BCUT2D eigenvalue weighted by Gasteiger charge is -2.25. The minimum Gasteiger partial charge on any atom is -0.394 e. The van der Waals surface area contributed by atoms with Crippen LogP contribution in [0.3, 0.4) is 0 Å². The highest BCUT2D eigenvalue weighted by molar-refractivity contribution is 5.23. The van der Waals surface area contributed by atoms with Gasteiger partial charge in [0.25, 0.3) is 0 Å². The molecular weight excluding hydrogens is 218 g/mol. The van der Waals surface area contributed by atoms with Crippen LogP contribution in [-0.4, -0.2) is 33.9 Å². The van der Waals surface area contributed by atoms with Crippen LogP contribution in [-0.2, 0) is 0 Å². The van der Waals surface area contributed by atoms with Gasteiger partial charge in [0.2, 0.25) is 0 Å². The summed E-state index contributed by atoms with van der Waals surface area (Å²) in [5.41, 5.74) is 0.279. The van der Waals surface area contributed by atoms with Crippen molar-refractivity contribution >= 4 is 0 Å². The van der Waals surface area contributed by atoms with Crippen molar-refractivity contribution < 1.29 is 10.2 Å². The van der Waals surface area contributed by atoms with E-state index >= 15 is 0 Å². The molecule has 0 aliphatic carbocycles. The molecule has 3 N–H and O–H groups in total. The van der Waals surface area contributed by atoms with E-state index in [0.717, 1.165) is 0 Å². The summed E-state index contributed by atoms with van der Waals surface area (Å²) in [6, 6.07) is 6.86. The summed E-state index contributed by atoms with van der Waals surface area (Å²) >= 11 is 0. The molecule has 0 fully saturated rings. The minimum atomic E-state index is -0.797. The SMILES string of the molecule is CC(C)(CO)NC[C@H](O)c1cccc(C#N)n1. The smallest absolute Gasteiger partial charge is 0.140 e. The lowest BCUT2D eigenvalue weighted by molar-refractivity contribution is 0.133. The number of nitrogens with one attached hydrogen (secondary N) is 1. The molecule has 0 spiro atoms. The molecule has 1 rings (SSSR count). The van der Waals surface area contributed by atoms with Crippen LogP contribution in [0.5, 0.6) is 0 Å². The summed E-state index contributed by atoms with van der Waals surface area (Å²) in [5, 5.41) is 30.7. The van der Waals surface area contributed by atoms with E-state index in [4.69, 9.17) is 10.4 Å². The van der Waals surface area contributed by atoms with Crippen LogP contribution in [0.15, 0.2) is 18.2 Å². The average Bonchev–Trinajstić information content (AvgIpc) is 2.36. The van der Waals surface area contributed by atoms with Gasteiger partial charge < -0.3 is 15.5 Å². The number of nitriles is 1. The first-order valence-electron chi connectivity index (χ1n) is 5.39. The molecule has 0 aliphatic heterocycles. The first kappa shape index (κ1) is 13.6. The van der Waals surface area contributed by atoms with Crippen LogP contribution in [0.25, 0.3) is 0 Å². The number of β-amino-alcohol motifs (C(OH)–C–C–N with tert-alkyl or cyclic N) is 1. The van der Waals surface area contributed by atoms with Gasteiger partial charge in [0, 0.05) is 12.1 Å². The molecule has 0 radical (unpaired) electrons. The molecule has 0 saturated heterocycles. The second-order valence-corrected chi connectivity index (χ2v) is 4.50. The minimum absolute atomic E-state index is 0.0224. The zero-order valence-corrected chi connectivity index (χ0v) is 10.0. The van der Waals surface area contributed by atoms with E-state index in [-0.39, 0.29) is 18.8 Å². The molecule has 0 bridgehead atoms. The zero-order chi connectivity index (χ0) is 12.9. The largest absolute Gasteiger partial charge is 0.394 e. The molecule has 0 aliphatic rings. The summed E-state index contributed by atoms with van der Waals surface area (Å²) in [6.07, 6.45) is -0.797. The Balaban J connectivity index is 2.64. The monoisotopic (exact) mass is 235 g/mol. The summed E-state index contributed by atoms with van der Waals surface area (Å²) < 4.78 is 0. The van der Waals surface area contributed by atoms with Gasteiger partial charge in [0.15, 0.2) is 0 Å². The molecule has 5 heteroatoms. The topological polar surface area (TPSA) is 89.2 Å². The van der Waals surface area contributed by atoms with E-state index < -0.39 is 11.6 Å². The highest BCUT2D eigenvalue weighted by Gasteiger charge is 2.18. The molecule has 0 aromatic carbocycles. The number of nitrogens with zero attached hydrogens (tertiary/aromatic N) is 2. The number of rotatable bonds is 5. The summed E-state index contributed by atoms with van der Waals surface area (Å²) in [7, 11) is 0. The third kappa shape index (κ3) is 4.11. The lowest BCUT2D eigenvalue weighted by Crippen LogP contribution is -2.44. The van der Waals surface area contributed by atoms with Gasteiger partial charge in [0.1, 0.15) is 17.9 Å². The maximum absolute atomic E-state index is 9.88. The van der Waals surface area contributed by atoms with Crippen LogP contribution in [0.2, 0.25) is 0 Å². The molecule has 1 atom stereocenters. The average molecular weight is 235 g/mol. The normalized spacial score (nSPS) is 13.1. The van der Waals surface area contributed by atoms with E-state index in [1.807, 2.05) is 19.9 Å². The van der Waals surface area contributed by atoms with E-state index in [2.05, 4.69) is 10.3 Å². The molecule has 1 heterocycles. The molecule has 92 valence electrons. The van der Waals surface area contributed by atoms with E-state index in [9.17, 15) is 5.11 Å². The molecular formula is C12H17N3O2. The fourth-order valence-electron chi connectivity index (χ4n) is 1.23. The Morgan fingerprint density at radius 1 is 1.53 bits per heavy atom. The Bertz CT molecular complexity index is 412. The van der Waals surface area contributed by atoms with E-state index in [1.165, 1.54) is 0 Å².